The highest BCUT2D eigenvalue weighted by Crippen LogP contribution is 2.42. The Morgan fingerprint density at radius 2 is 1.67 bits per heavy atom. The molecule has 0 saturated carbocycles. The van der Waals surface area contributed by atoms with Gasteiger partial charge in [-0.05, 0) is 23.0 Å². The van der Waals surface area contributed by atoms with Gasteiger partial charge in [0.25, 0.3) is 0 Å². The molecule has 0 aromatic heterocycles. The van der Waals surface area contributed by atoms with Crippen molar-refractivity contribution in [2.45, 2.75) is 64.6 Å². The summed E-state index contributed by atoms with van der Waals surface area (Å²) >= 11 is 0. The molecule has 0 aromatic carbocycles. The lowest BCUT2D eigenvalue weighted by Crippen LogP contribution is -2.48. The van der Waals surface area contributed by atoms with Crippen LogP contribution in [0.5, 0.6) is 0 Å². The second-order valence-corrected chi connectivity index (χ2v) is 11.7. The molecule has 1 aliphatic heterocycles. The molecule has 0 spiro atoms. The Labute approximate surface area is 112 Å². The van der Waals surface area contributed by atoms with E-state index in [4.69, 9.17) is 9.16 Å². The molecule has 18 heavy (non-hydrogen) atoms. The molecule has 0 aromatic rings. The van der Waals surface area contributed by atoms with Crippen LogP contribution in [0.4, 0.5) is 0 Å². The molecule has 3 nitrogen and oxygen atoms in total. The molecule has 1 rings (SSSR count). The Kier molecular flexibility index (Phi) is 5.41. The van der Waals surface area contributed by atoms with Crippen LogP contribution < -0.4 is 0 Å². The summed E-state index contributed by atoms with van der Waals surface area (Å²) in [4.78, 5) is 11.5. The summed E-state index contributed by atoms with van der Waals surface area (Å²) in [5.41, 5.74) is 1.69. The lowest BCUT2D eigenvalue weighted by molar-refractivity contribution is -0.142. The minimum absolute atomic E-state index is 0.0341. The molecule has 1 unspecified atom stereocenters. The van der Waals surface area contributed by atoms with Gasteiger partial charge in [-0.2, -0.15) is 0 Å². The van der Waals surface area contributed by atoms with E-state index in [-0.39, 0.29) is 11.9 Å². The standard InChI is InChI=1S/C14H28O3Si/c1-10(2)18(11(3)4,12(5)6)17-9-13-7-8-16-14(13)15/h10-13H,7-9H2,1-6H3. The molecule has 0 amide bonds. The van der Waals surface area contributed by atoms with E-state index in [1.54, 1.807) is 0 Å². The number of ether oxygens (including phenoxy) is 1. The summed E-state index contributed by atoms with van der Waals surface area (Å²) in [6, 6.07) is 0. The molecule has 0 aliphatic carbocycles. The Morgan fingerprint density at radius 3 is 2.00 bits per heavy atom. The summed E-state index contributed by atoms with van der Waals surface area (Å²) in [6.45, 7) is 14.7. The normalized spacial score (nSPS) is 21.2. The van der Waals surface area contributed by atoms with Crippen molar-refractivity contribution in [2.24, 2.45) is 5.92 Å². The fraction of sp³-hybridized carbons (Fsp3) is 0.929. The van der Waals surface area contributed by atoms with Crippen LogP contribution in [-0.4, -0.2) is 27.5 Å². The second kappa shape index (κ2) is 6.20. The SMILES string of the molecule is CC(C)[Si](OCC1CCOC1=O)(C(C)C)C(C)C. The van der Waals surface area contributed by atoms with E-state index in [0.29, 0.717) is 29.8 Å². The van der Waals surface area contributed by atoms with Gasteiger partial charge >= 0.3 is 5.97 Å². The maximum absolute atomic E-state index is 11.5. The summed E-state index contributed by atoms with van der Waals surface area (Å²) in [5, 5.41) is 0. The number of hydrogen-bond acceptors (Lipinski definition) is 3. The Hall–Kier alpha value is -0.353. The molecule has 106 valence electrons. The van der Waals surface area contributed by atoms with Crippen LogP contribution >= 0.6 is 0 Å². The highest BCUT2D eigenvalue weighted by atomic mass is 28.4. The van der Waals surface area contributed by atoms with E-state index < -0.39 is 8.32 Å². The van der Waals surface area contributed by atoms with Crippen LogP contribution in [0.3, 0.4) is 0 Å². The van der Waals surface area contributed by atoms with Gasteiger partial charge in [-0.3, -0.25) is 4.79 Å². The number of cyclic esters (lactones) is 1. The molecule has 0 N–H and O–H groups in total. The molecular formula is C14H28O3Si. The number of carbonyl (C=O) groups excluding carboxylic acids is 1. The molecule has 0 radical (unpaired) electrons. The quantitative estimate of drug-likeness (QED) is 0.546. The van der Waals surface area contributed by atoms with Gasteiger partial charge in [0.15, 0.2) is 8.32 Å². The summed E-state index contributed by atoms with van der Waals surface area (Å²) in [5.74, 6) is -0.109. The third kappa shape index (κ3) is 2.97. The van der Waals surface area contributed by atoms with Crippen LogP contribution in [0.1, 0.15) is 48.0 Å². The highest BCUT2D eigenvalue weighted by molar-refractivity contribution is 6.77. The fourth-order valence-corrected chi connectivity index (χ4v) is 8.92. The average molecular weight is 272 g/mol. The first kappa shape index (κ1) is 15.7. The van der Waals surface area contributed by atoms with E-state index in [1.165, 1.54) is 0 Å². The zero-order chi connectivity index (χ0) is 13.9. The third-order valence-corrected chi connectivity index (χ3v) is 10.4. The summed E-state index contributed by atoms with van der Waals surface area (Å²) < 4.78 is 11.4. The van der Waals surface area contributed by atoms with Crippen LogP contribution in [-0.2, 0) is 14.0 Å². The summed E-state index contributed by atoms with van der Waals surface area (Å²) in [7, 11) is -1.83. The Morgan fingerprint density at radius 1 is 1.17 bits per heavy atom. The van der Waals surface area contributed by atoms with Crippen molar-refractivity contribution in [3.05, 3.63) is 0 Å². The number of carbonyl (C=O) groups is 1. The first-order chi connectivity index (χ1) is 8.32. The molecule has 0 bridgehead atoms. The zero-order valence-corrected chi connectivity index (χ0v) is 13.7. The molecule has 1 heterocycles. The monoisotopic (exact) mass is 272 g/mol. The van der Waals surface area contributed by atoms with E-state index >= 15 is 0 Å². The van der Waals surface area contributed by atoms with Crippen LogP contribution in [0.15, 0.2) is 0 Å². The van der Waals surface area contributed by atoms with Gasteiger partial charge in [-0.25, -0.2) is 0 Å². The summed E-state index contributed by atoms with van der Waals surface area (Å²) in [6.07, 6.45) is 0.817. The van der Waals surface area contributed by atoms with Gasteiger partial charge in [-0.15, -0.1) is 0 Å². The maximum atomic E-state index is 11.5. The molecular weight excluding hydrogens is 244 g/mol. The van der Waals surface area contributed by atoms with Crippen molar-refractivity contribution in [3.63, 3.8) is 0 Å². The molecule has 1 saturated heterocycles. The van der Waals surface area contributed by atoms with Crippen molar-refractivity contribution >= 4 is 14.3 Å². The molecule has 1 fully saturated rings. The van der Waals surface area contributed by atoms with Crippen LogP contribution in [0.25, 0.3) is 0 Å². The van der Waals surface area contributed by atoms with Crippen molar-refractivity contribution in [1.29, 1.82) is 0 Å². The third-order valence-electron chi connectivity index (χ3n) is 4.29. The topological polar surface area (TPSA) is 35.5 Å². The predicted octanol–water partition coefficient (Wildman–Crippen LogP) is 3.74. The molecule has 1 atom stereocenters. The minimum atomic E-state index is -1.83. The van der Waals surface area contributed by atoms with Crippen molar-refractivity contribution in [2.75, 3.05) is 13.2 Å². The van der Waals surface area contributed by atoms with E-state index in [2.05, 4.69) is 41.5 Å². The second-order valence-electron chi connectivity index (χ2n) is 6.28. The average Bonchev–Trinajstić information content (AvgIpc) is 2.63. The maximum Gasteiger partial charge on any atom is 0.311 e. The number of rotatable bonds is 6. The van der Waals surface area contributed by atoms with Gasteiger partial charge in [0.2, 0.25) is 0 Å². The van der Waals surface area contributed by atoms with Gasteiger partial charge < -0.3 is 9.16 Å². The van der Waals surface area contributed by atoms with Gasteiger partial charge in [0.1, 0.15) is 0 Å². The largest absolute Gasteiger partial charge is 0.465 e. The van der Waals surface area contributed by atoms with Gasteiger partial charge in [-0.1, -0.05) is 41.5 Å². The van der Waals surface area contributed by atoms with Gasteiger partial charge in [0.05, 0.1) is 12.5 Å². The number of hydrogen-bond donors (Lipinski definition) is 0. The molecule has 4 heteroatoms. The van der Waals surface area contributed by atoms with E-state index in [0.717, 1.165) is 6.42 Å². The van der Waals surface area contributed by atoms with E-state index in [9.17, 15) is 4.79 Å². The lowest BCUT2D eigenvalue weighted by Gasteiger charge is -2.42. The Bertz CT molecular complexity index is 265. The first-order valence-corrected chi connectivity index (χ1v) is 9.27. The lowest BCUT2D eigenvalue weighted by atomic mass is 10.1. The fourth-order valence-electron chi connectivity index (χ4n) is 3.43. The van der Waals surface area contributed by atoms with Crippen molar-refractivity contribution in [3.8, 4) is 0 Å². The number of esters is 1. The van der Waals surface area contributed by atoms with Gasteiger partial charge in [0, 0.05) is 6.61 Å². The molecule has 1 aliphatic rings. The van der Waals surface area contributed by atoms with Crippen LogP contribution in [0, 0.1) is 5.92 Å². The zero-order valence-electron chi connectivity index (χ0n) is 12.7. The van der Waals surface area contributed by atoms with E-state index in [1.807, 2.05) is 0 Å². The first-order valence-electron chi connectivity index (χ1n) is 7.13. The smallest absolute Gasteiger partial charge is 0.311 e. The van der Waals surface area contributed by atoms with Crippen molar-refractivity contribution in [1.82, 2.24) is 0 Å². The Balaban J connectivity index is 2.75. The van der Waals surface area contributed by atoms with Crippen molar-refractivity contribution < 1.29 is 14.0 Å². The predicted molar refractivity (Wildman–Crippen MR) is 76.1 cm³/mol. The minimum Gasteiger partial charge on any atom is -0.465 e. The highest BCUT2D eigenvalue weighted by Gasteiger charge is 2.46. The van der Waals surface area contributed by atoms with Crippen LogP contribution in [0.2, 0.25) is 16.6 Å².